The van der Waals surface area contributed by atoms with Gasteiger partial charge in [-0.05, 0) is 48.5 Å². The van der Waals surface area contributed by atoms with Crippen molar-refractivity contribution in [3.05, 3.63) is 89.1 Å². The number of aromatic nitrogens is 2. The van der Waals surface area contributed by atoms with Crippen molar-refractivity contribution in [3.63, 3.8) is 0 Å². The van der Waals surface area contributed by atoms with E-state index < -0.39 is 17.6 Å². The fourth-order valence-electron chi connectivity index (χ4n) is 3.57. The van der Waals surface area contributed by atoms with E-state index in [0.29, 0.717) is 10.6 Å². The van der Waals surface area contributed by atoms with Crippen LogP contribution in [0.4, 0.5) is 24.5 Å². The zero-order chi connectivity index (χ0) is 23.9. The number of fused-ring (bicyclic) bond motifs is 3. The molecule has 4 N–H and O–H groups in total. The van der Waals surface area contributed by atoms with E-state index >= 15 is 0 Å². The second kappa shape index (κ2) is 8.31. The van der Waals surface area contributed by atoms with Gasteiger partial charge < -0.3 is 10.6 Å². The molecule has 3 aromatic heterocycles. The normalized spacial score (nSPS) is 11.6. The number of H-pyrrole nitrogens is 2. The van der Waals surface area contributed by atoms with Crippen LogP contribution < -0.4 is 15.6 Å². The Bertz CT molecular complexity index is 1550. The van der Waals surface area contributed by atoms with Crippen molar-refractivity contribution < 1.29 is 27.7 Å². The first-order valence-electron chi connectivity index (χ1n) is 10.1. The Morgan fingerprint density at radius 1 is 0.912 bits per heavy atom. The Kier molecular flexibility index (Phi) is 5.29. The van der Waals surface area contributed by atoms with Gasteiger partial charge in [-0.1, -0.05) is 12.1 Å². The first-order chi connectivity index (χ1) is 16.3. The van der Waals surface area contributed by atoms with Gasteiger partial charge in [-0.2, -0.15) is 13.2 Å². The summed E-state index contributed by atoms with van der Waals surface area (Å²) in [5.41, 5.74) is 0.602. The molecule has 0 radical (unpaired) electrons. The van der Waals surface area contributed by atoms with Crippen molar-refractivity contribution in [1.29, 1.82) is 0 Å². The average molecular weight is 481 g/mol. The quantitative estimate of drug-likeness (QED) is 0.307. The predicted molar refractivity (Wildman–Crippen MR) is 124 cm³/mol. The number of rotatable bonds is 4. The number of carbonyl (C=O) groups is 2. The molecule has 3 heterocycles. The molecule has 2 amide bonds. The number of thiophene rings is 1. The summed E-state index contributed by atoms with van der Waals surface area (Å²) in [6, 6.07) is 14.3. The monoisotopic (exact) mass is 481 g/mol. The minimum atomic E-state index is -4.51. The number of anilines is 2. The summed E-state index contributed by atoms with van der Waals surface area (Å²) >= 11 is 1.35. The Balaban J connectivity index is 1.33. The lowest BCUT2D eigenvalue weighted by Gasteiger charge is -2.10. The number of hydrogen-bond acceptors (Lipinski definition) is 3. The fourth-order valence-corrected chi connectivity index (χ4v) is 4.64. The Morgan fingerprint density at radius 2 is 1.65 bits per heavy atom. The molecule has 0 fully saturated rings. The van der Waals surface area contributed by atoms with Crippen LogP contribution in [0.25, 0.3) is 21.1 Å². The number of aromatic amines is 2. The predicted octanol–water partition coefficient (Wildman–Crippen LogP) is 5.72. The van der Waals surface area contributed by atoms with Crippen LogP contribution in [0.5, 0.6) is 0 Å². The highest BCUT2D eigenvalue weighted by molar-refractivity contribution is 7.21. The molecule has 0 saturated heterocycles. The number of hydrogen-bond donors (Lipinski definition) is 3. The molecule has 170 valence electrons. The molecule has 6 nitrogen and oxygen atoms in total. The molecular formula is C24H16F3N4O2S+. The second-order valence-corrected chi connectivity index (χ2v) is 8.57. The molecule has 0 aliphatic carbocycles. The van der Waals surface area contributed by atoms with Crippen molar-refractivity contribution >= 4 is 55.6 Å². The summed E-state index contributed by atoms with van der Waals surface area (Å²) in [5.74, 6) is -0.928. The van der Waals surface area contributed by atoms with Crippen molar-refractivity contribution in [2.75, 3.05) is 10.6 Å². The van der Waals surface area contributed by atoms with Gasteiger partial charge in [0, 0.05) is 22.3 Å². The number of carbonyl (C=O) groups excluding carboxylic acids is 2. The van der Waals surface area contributed by atoms with E-state index in [-0.39, 0.29) is 17.2 Å². The van der Waals surface area contributed by atoms with Crippen LogP contribution in [-0.4, -0.2) is 16.8 Å². The number of benzene rings is 2. The van der Waals surface area contributed by atoms with Crippen LogP contribution in [0.15, 0.2) is 73.1 Å². The third-order valence-electron chi connectivity index (χ3n) is 5.18. The summed E-state index contributed by atoms with van der Waals surface area (Å²) < 4.78 is 39.7. The molecule has 34 heavy (non-hydrogen) atoms. The zero-order valence-electron chi connectivity index (χ0n) is 17.3. The van der Waals surface area contributed by atoms with Crippen LogP contribution in [0.2, 0.25) is 0 Å². The van der Waals surface area contributed by atoms with Gasteiger partial charge >= 0.3 is 6.18 Å². The summed E-state index contributed by atoms with van der Waals surface area (Å²) in [7, 11) is 0. The zero-order valence-corrected chi connectivity index (χ0v) is 18.1. The molecular weight excluding hydrogens is 465 g/mol. The highest BCUT2D eigenvalue weighted by Gasteiger charge is 2.30. The minimum Gasteiger partial charge on any atom is -0.322 e. The highest BCUT2D eigenvalue weighted by Crippen LogP contribution is 2.32. The van der Waals surface area contributed by atoms with Crippen molar-refractivity contribution in [1.82, 2.24) is 4.98 Å². The molecule has 5 rings (SSSR count). The molecule has 2 aromatic carbocycles. The smallest absolute Gasteiger partial charge is 0.322 e. The van der Waals surface area contributed by atoms with Crippen LogP contribution >= 0.6 is 11.3 Å². The van der Waals surface area contributed by atoms with Gasteiger partial charge in [-0.25, -0.2) is 9.97 Å². The molecule has 0 saturated carbocycles. The minimum absolute atomic E-state index is 0.0208. The average Bonchev–Trinajstić information content (AvgIpc) is 3.45. The number of alkyl halides is 3. The highest BCUT2D eigenvalue weighted by atomic mass is 32.1. The Hall–Kier alpha value is -4.18. The van der Waals surface area contributed by atoms with Crippen molar-refractivity contribution in [2.24, 2.45) is 0 Å². The van der Waals surface area contributed by atoms with Gasteiger partial charge in [0.1, 0.15) is 0 Å². The topological polar surface area (TPSA) is 88.1 Å². The molecule has 0 atom stereocenters. The molecule has 0 unspecified atom stereocenters. The second-order valence-electron chi connectivity index (χ2n) is 7.52. The van der Waals surface area contributed by atoms with Gasteiger partial charge in [0.25, 0.3) is 17.5 Å². The summed E-state index contributed by atoms with van der Waals surface area (Å²) in [6.45, 7) is 0. The first kappa shape index (κ1) is 21.7. The van der Waals surface area contributed by atoms with Crippen LogP contribution in [0.1, 0.15) is 25.6 Å². The first-order valence-corrected chi connectivity index (χ1v) is 10.9. The third kappa shape index (κ3) is 4.23. The van der Waals surface area contributed by atoms with Crippen molar-refractivity contribution in [2.45, 2.75) is 6.18 Å². The fraction of sp³-hybridized carbons (Fsp3) is 0.0417. The maximum Gasteiger partial charge on any atom is 0.416 e. The standard InChI is InChI=1S/C24H15F3N4O2S/c25-24(26,27)15-4-2-6-17(11-15)30-22(32)13-3-1-5-16(9-13)31-23(33)19-10-14-12-29-21-18(7-8-28-21)20(14)34-19/h1-12H,(H,28,29)(H,30,32)(H,31,33)/p+1. The largest absolute Gasteiger partial charge is 0.416 e. The molecule has 0 spiro atoms. The lowest BCUT2D eigenvalue weighted by molar-refractivity contribution is -0.345. The Morgan fingerprint density at radius 3 is 2.44 bits per heavy atom. The molecule has 5 aromatic rings. The molecule has 10 heteroatoms. The van der Waals surface area contributed by atoms with Crippen molar-refractivity contribution in [3.8, 4) is 0 Å². The lowest BCUT2D eigenvalue weighted by Crippen LogP contribution is -2.14. The number of amides is 2. The van der Waals surface area contributed by atoms with E-state index in [4.69, 9.17) is 0 Å². The molecule has 0 bridgehead atoms. The number of halogens is 3. The van der Waals surface area contributed by atoms with E-state index in [1.807, 2.05) is 18.5 Å². The lowest BCUT2D eigenvalue weighted by atomic mass is 10.1. The van der Waals surface area contributed by atoms with Gasteiger partial charge in [-0.15, -0.1) is 11.3 Å². The van der Waals surface area contributed by atoms with E-state index in [1.165, 1.54) is 35.6 Å². The maximum absolute atomic E-state index is 12.9. The SMILES string of the molecule is O=C(Nc1cccc(C(F)(F)F)c1)c1cccc(NC(=O)c2cc3c[nH+]c4[nH]ccc4c3s2)c1. The summed E-state index contributed by atoms with van der Waals surface area (Å²) in [5, 5.41) is 7.11. The van der Waals surface area contributed by atoms with Crippen LogP contribution in [0, 0.1) is 0 Å². The van der Waals surface area contributed by atoms with E-state index in [9.17, 15) is 22.8 Å². The molecule has 0 aliphatic heterocycles. The molecule has 0 aliphatic rings. The van der Waals surface area contributed by atoms with Gasteiger partial charge in [0.05, 0.1) is 32.9 Å². The maximum atomic E-state index is 12.9. The van der Waals surface area contributed by atoms with E-state index in [1.54, 1.807) is 18.2 Å². The van der Waals surface area contributed by atoms with Gasteiger partial charge in [0.2, 0.25) is 0 Å². The van der Waals surface area contributed by atoms with E-state index in [2.05, 4.69) is 20.6 Å². The van der Waals surface area contributed by atoms with Crippen LogP contribution in [0.3, 0.4) is 0 Å². The van der Waals surface area contributed by atoms with Crippen LogP contribution in [-0.2, 0) is 6.18 Å². The summed E-state index contributed by atoms with van der Waals surface area (Å²) in [4.78, 5) is 32.2. The Labute approximate surface area is 194 Å². The van der Waals surface area contributed by atoms with Gasteiger partial charge in [-0.3, -0.25) is 9.59 Å². The third-order valence-corrected chi connectivity index (χ3v) is 6.36. The summed E-state index contributed by atoms with van der Waals surface area (Å²) in [6.07, 6.45) is -0.876. The number of nitrogens with one attached hydrogen (secondary N) is 4. The van der Waals surface area contributed by atoms with Gasteiger partial charge in [0.15, 0.2) is 0 Å². The van der Waals surface area contributed by atoms with E-state index in [0.717, 1.165) is 33.3 Å². The number of pyridine rings is 1.